The fraction of sp³-hybridized carbons (Fsp3) is 0.143. The van der Waals surface area contributed by atoms with Gasteiger partial charge in [0, 0.05) is 22.2 Å². The predicted octanol–water partition coefficient (Wildman–Crippen LogP) is 3.26. The second kappa shape index (κ2) is 5.37. The van der Waals surface area contributed by atoms with Crippen LogP contribution in [0.3, 0.4) is 0 Å². The number of aromatic amines is 1. The lowest BCUT2D eigenvalue weighted by atomic mass is 9.99. The summed E-state index contributed by atoms with van der Waals surface area (Å²) in [4.78, 5) is 14.3. The van der Waals surface area contributed by atoms with Crippen molar-refractivity contribution >= 4 is 15.9 Å². The SMILES string of the molecule is Cc1cc(-c2cccc(CBr)c2F)c(C#N)c(=O)[nH]1. The van der Waals surface area contributed by atoms with Crippen LogP contribution in [0, 0.1) is 24.1 Å². The number of hydrogen-bond acceptors (Lipinski definition) is 2. The Morgan fingerprint density at radius 2 is 2.16 bits per heavy atom. The quantitative estimate of drug-likeness (QED) is 0.863. The Balaban J connectivity index is 2.80. The first-order chi connectivity index (χ1) is 9.08. The minimum Gasteiger partial charge on any atom is -0.325 e. The van der Waals surface area contributed by atoms with Gasteiger partial charge in [-0.15, -0.1) is 0 Å². The molecule has 96 valence electrons. The number of nitriles is 1. The highest BCUT2D eigenvalue weighted by Crippen LogP contribution is 2.27. The van der Waals surface area contributed by atoms with Gasteiger partial charge in [-0.05, 0) is 18.6 Å². The normalized spacial score (nSPS) is 10.2. The number of nitrogens with one attached hydrogen (secondary N) is 1. The lowest BCUT2D eigenvalue weighted by Gasteiger charge is -2.09. The maximum absolute atomic E-state index is 14.3. The number of halogens is 2. The van der Waals surface area contributed by atoms with Gasteiger partial charge in [0.25, 0.3) is 5.56 Å². The number of H-pyrrole nitrogens is 1. The number of rotatable bonds is 2. The minimum atomic E-state index is -0.499. The van der Waals surface area contributed by atoms with E-state index in [4.69, 9.17) is 5.26 Å². The van der Waals surface area contributed by atoms with E-state index in [0.717, 1.165) is 0 Å². The first-order valence-corrected chi connectivity index (χ1v) is 6.68. The standard InChI is InChI=1S/C14H10BrFN2O/c1-8-5-11(12(7-17)14(19)18-8)10-4-2-3-9(6-15)13(10)16/h2-5H,6H2,1H3,(H,18,19). The fourth-order valence-electron chi connectivity index (χ4n) is 1.90. The molecule has 2 aromatic rings. The summed E-state index contributed by atoms with van der Waals surface area (Å²) in [6.07, 6.45) is 0. The fourth-order valence-corrected chi connectivity index (χ4v) is 2.34. The Bertz CT molecular complexity index is 731. The molecule has 0 fully saturated rings. The number of alkyl halides is 1. The zero-order chi connectivity index (χ0) is 14.0. The average Bonchev–Trinajstić information content (AvgIpc) is 2.38. The highest BCUT2D eigenvalue weighted by atomic mass is 79.9. The highest BCUT2D eigenvalue weighted by molar-refractivity contribution is 9.08. The third-order valence-corrected chi connectivity index (χ3v) is 3.40. The maximum atomic E-state index is 14.3. The molecule has 0 unspecified atom stereocenters. The van der Waals surface area contributed by atoms with E-state index in [9.17, 15) is 9.18 Å². The Morgan fingerprint density at radius 3 is 2.79 bits per heavy atom. The molecule has 0 bridgehead atoms. The molecule has 0 atom stereocenters. The zero-order valence-corrected chi connectivity index (χ0v) is 11.7. The van der Waals surface area contributed by atoms with E-state index in [2.05, 4.69) is 20.9 Å². The van der Waals surface area contributed by atoms with Crippen LogP contribution in [0.15, 0.2) is 29.1 Å². The van der Waals surface area contributed by atoms with Gasteiger partial charge in [-0.1, -0.05) is 34.1 Å². The van der Waals surface area contributed by atoms with Crippen molar-refractivity contribution < 1.29 is 4.39 Å². The molecule has 1 N–H and O–H groups in total. The molecular weight excluding hydrogens is 311 g/mol. The van der Waals surface area contributed by atoms with Crippen molar-refractivity contribution in [1.82, 2.24) is 4.98 Å². The Kier molecular flexibility index (Phi) is 3.82. The Labute approximate surface area is 117 Å². The van der Waals surface area contributed by atoms with E-state index in [1.807, 2.05) is 6.07 Å². The summed E-state index contributed by atoms with van der Waals surface area (Å²) in [7, 11) is 0. The van der Waals surface area contributed by atoms with E-state index in [-0.39, 0.29) is 11.1 Å². The molecule has 0 spiro atoms. The first kappa shape index (κ1) is 13.5. The largest absolute Gasteiger partial charge is 0.325 e. The summed E-state index contributed by atoms with van der Waals surface area (Å²) in [5.41, 5.74) is 1.09. The molecule has 19 heavy (non-hydrogen) atoms. The number of hydrogen-bond donors (Lipinski definition) is 1. The Hall–Kier alpha value is -1.93. The van der Waals surface area contributed by atoms with Gasteiger partial charge in [0.2, 0.25) is 0 Å². The molecule has 0 radical (unpaired) electrons. The maximum Gasteiger partial charge on any atom is 0.266 e. The van der Waals surface area contributed by atoms with Crippen molar-refractivity contribution in [1.29, 1.82) is 5.26 Å². The van der Waals surface area contributed by atoms with Gasteiger partial charge in [0.1, 0.15) is 17.4 Å². The van der Waals surface area contributed by atoms with Crippen molar-refractivity contribution in [2.75, 3.05) is 0 Å². The van der Waals surface area contributed by atoms with Crippen molar-refractivity contribution in [2.24, 2.45) is 0 Å². The van der Waals surface area contributed by atoms with E-state index >= 15 is 0 Å². The molecule has 1 aromatic carbocycles. The van der Waals surface area contributed by atoms with Crippen LogP contribution in [0.4, 0.5) is 4.39 Å². The molecule has 0 aliphatic carbocycles. The van der Waals surface area contributed by atoms with E-state index in [1.54, 1.807) is 31.2 Å². The van der Waals surface area contributed by atoms with Crippen molar-refractivity contribution in [3.63, 3.8) is 0 Å². The van der Waals surface area contributed by atoms with Crippen LogP contribution < -0.4 is 5.56 Å². The van der Waals surface area contributed by atoms with Crippen LogP contribution in [0.25, 0.3) is 11.1 Å². The van der Waals surface area contributed by atoms with Crippen LogP contribution in [0.5, 0.6) is 0 Å². The van der Waals surface area contributed by atoms with Crippen LogP contribution in [-0.2, 0) is 5.33 Å². The number of pyridine rings is 1. The van der Waals surface area contributed by atoms with Crippen LogP contribution in [0.2, 0.25) is 0 Å². The third kappa shape index (κ3) is 2.45. The number of aromatic nitrogens is 1. The van der Waals surface area contributed by atoms with E-state index < -0.39 is 11.4 Å². The van der Waals surface area contributed by atoms with Gasteiger partial charge in [0.05, 0.1) is 0 Å². The molecule has 1 heterocycles. The molecule has 0 saturated carbocycles. The van der Waals surface area contributed by atoms with Gasteiger partial charge in [-0.3, -0.25) is 4.79 Å². The molecule has 2 rings (SSSR count). The van der Waals surface area contributed by atoms with Crippen LogP contribution in [0.1, 0.15) is 16.8 Å². The van der Waals surface area contributed by atoms with E-state index in [0.29, 0.717) is 22.2 Å². The van der Waals surface area contributed by atoms with Crippen LogP contribution in [-0.4, -0.2) is 4.98 Å². The monoisotopic (exact) mass is 320 g/mol. The van der Waals surface area contributed by atoms with Crippen molar-refractivity contribution in [3.8, 4) is 17.2 Å². The van der Waals surface area contributed by atoms with Gasteiger partial charge in [0.15, 0.2) is 0 Å². The molecule has 0 aliphatic rings. The average molecular weight is 321 g/mol. The molecule has 0 saturated heterocycles. The lowest BCUT2D eigenvalue weighted by Crippen LogP contribution is -2.13. The minimum absolute atomic E-state index is 0.0729. The van der Waals surface area contributed by atoms with Gasteiger partial charge < -0.3 is 4.98 Å². The second-order valence-electron chi connectivity index (χ2n) is 4.09. The topological polar surface area (TPSA) is 56.6 Å². The van der Waals surface area contributed by atoms with Gasteiger partial charge >= 0.3 is 0 Å². The Morgan fingerprint density at radius 1 is 1.42 bits per heavy atom. The summed E-state index contributed by atoms with van der Waals surface area (Å²) in [6.45, 7) is 1.69. The number of benzene rings is 1. The number of aryl methyl sites for hydroxylation is 1. The van der Waals surface area contributed by atoms with Gasteiger partial charge in [-0.2, -0.15) is 5.26 Å². The number of nitrogens with zero attached hydrogens (tertiary/aromatic N) is 1. The van der Waals surface area contributed by atoms with Crippen molar-refractivity contribution in [3.05, 3.63) is 57.3 Å². The predicted molar refractivity (Wildman–Crippen MR) is 74.5 cm³/mol. The third-order valence-electron chi connectivity index (χ3n) is 2.79. The summed E-state index contributed by atoms with van der Waals surface area (Å²) in [5.74, 6) is -0.416. The smallest absolute Gasteiger partial charge is 0.266 e. The van der Waals surface area contributed by atoms with E-state index in [1.165, 1.54) is 0 Å². The molecule has 3 nitrogen and oxygen atoms in total. The second-order valence-corrected chi connectivity index (χ2v) is 4.65. The summed E-state index contributed by atoms with van der Waals surface area (Å²) < 4.78 is 14.3. The first-order valence-electron chi connectivity index (χ1n) is 5.56. The summed E-state index contributed by atoms with van der Waals surface area (Å²) in [5, 5.41) is 9.44. The van der Waals surface area contributed by atoms with Crippen molar-refractivity contribution in [2.45, 2.75) is 12.3 Å². The summed E-state index contributed by atoms with van der Waals surface area (Å²) >= 11 is 3.21. The zero-order valence-electron chi connectivity index (χ0n) is 10.1. The van der Waals surface area contributed by atoms with Crippen LogP contribution >= 0.6 is 15.9 Å². The molecule has 0 aliphatic heterocycles. The van der Waals surface area contributed by atoms with Gasteiger partial charge in [-0.25, -0.2) is 4.39 Å². The lowest BCUT2D eigenvalue weighted by molar-refractivity contribution is 0.621. The molecular formula is C14H10BrFN2O. The highest BCUT2D eigenvalue weighted by Gasteiger charge is 2.15. The molecule has 5 heteroatoms. The summed E-state index contributed by atoms with van der Waals surface area (Å²) in [6, 6.07) is 8.36. The molecule has 1 aromatic heterocycles. The molecule has 0 amide bonds.